The lowest BCUT2D eigenvalue weighted by molar-refractivity contribution is 0.272. The summed E-state index contributed by atoms with van der Waals surface area (Å²) in [7, 11) is 0. The van der Waals surface area contributed by atoms with Crippen molar-refractivity contribution >= 4 is 11.8 Å². The van der Waals surface area contributed by atoms with E-state index in [1.54, 1.807) is 6.26 Å². The van der Waals surface area contributed by atoms with Gasteiger partial charge in [-0.25, -0.2) is 0 Å². The van der Waals surface area contributed by atoms with E-state index in [0.717, 1.165) is 11.3 Å². The van der Waals surface area contributed by atoms with Gasteiger partial charge < -0.3 is 10.5 Å². The predicted molar refractivity (Wildman–Crippen MR) is 51.5 cm³/mol. The molecule has 0 unspecified atom stereocenters. The summed E-state index contributed by atoms with van der Waals surface area (Å²) in [6.07, 6.45) is 3.59. The third-order valence-corrected chi connectivity index (χ3v) is 1.46. The zero-order chi connectivity index (χ0) is 8.81. The zero-order valence-electron chi connectivity index (χ0n) is 7.16. The van der Waals surface area contributed by atoms with E-state index >= 15 is 0 Å². The average Bonchev–Trinajstić information content (AvgIpc) is 2.09. The standard InChI is InChI=1S/C10H13NO/c1-2-12-8-7-9-3-5-10(11)6-4-9/h3-8H,2,11H2,1H3/b8-7+. The first-order valence-corrected chi connectivity index (χ1v) is 3.96. The van der Waals surface area contributed by atoms with Crippen LogP contribution < -0.4 is 5.73 Å². The second-order valence-corrected chi connectivity index (χ2v) is 2.42. The van der Waals surface area contributed by atoms with E-state index in [2.05, 4.69) is 0 Å². The Labute approximate surface area is 72.7 Å². The van der Waals surface area contributed by atoms with E-state index in [1.807, 2.05) is 37.3 Å². The van der Waals surface area contributed by atoms with Gasteiger partial charge in [0.2, 0.25) is 0 Å². The molecule has 0 radical (unpaired) electrons. The van der Waals surface area contributed by atoms with Crippen molar-refractivity contribution in [2.45, 2.75) is 6.92 Å². The van der Waals surface area contributed by atoms with Crippen molar-refractivity contribution in [1.29, 1.82) is 0 Å². The molecule has 1 aromatic carbocycles. The number of anilines is 1. The van der Waals surface area contributed by atoms with E-state index in [-0.39, 0.29) is 0 Å². The Kier molecular flexibility index (Phi) is 3.20. The topological polar surface area (TPSA) is 35.2 Å². The molecule has 0 saturated carbocycles. The molecule has 64 valence electrons. The largest absolute Gasteiger partial charge is 0.501 e. The van der Waals surface area contributed by atoms with Gasteiger partial charge in [-0.1, -0.05) is 12.1 Å². The molecule has 0 saturated heterocycles. The number of nitrogen functional groups attached to an aromatic ring is 1. The lowest BCUT2D eigenvalue weighted by Gasteiger charge is -1.95. The maximum atomic E-state index is 5.53. The summed E-state index contributed by atoms with van der Waals surface area (Å²) in [6, 6.07) is 7.63. The Morgan fingerprint density at radius 3 is 2.58 bits per heavy atom. The van der Waals surface area contributed by atoms with E-state index in [9.17, 15) is 0 Å². The van der Waals surface area contributed by atoms with E-state index in [1.165, 1.54) is 0 Å². The average molecular weight is 163 g/mol. The number of benzene rings is 1. The van der Waals surface area contributed by atoms with Gasteiger partial charge in [0, 0.05) is 5.69 Å². The van der Waals surface area contributed by atoms with Crippen LogP contribution in [0.5, 0.6) is 0 Å². The summed E-state index contributed by atoms with van der Waals surface area (Å²) in [5.74, 6) is 0. The highest BCUT2D eigenvalue weighted by Crippen LogP contribution is 2.06. The molecule has 2 heteroatoms. The molecular weight excluding hydrogens is 150 g/mol. The quantitative estimate of drug-likeness (QED) is 0.548. The van der Waals surface area contributed by atoms with Crippen molar-refractivity contribution in [2.75, 3.05) is 12.3 Å². The molecular formula is C10H13NO. The highest BCUT2D eigenvalue weighted by molar-refractivity contribution is 5.52. The minimum atomic E-state index is 0.700. The summed E-state index contributed by atoms with van der Waals surface area (Å²) >= 11 is 0. The van der Waals surface area contributed by atoms with E-state index < -0.39 is 0 Å². The molecule has 0 amide bonds. The summed E-state index contributed by atoms with van der Waals surface area (Å²) in [5.41, 5.74) is 7.40. The van der Waals surface area contributed by atoms with Crippen LogP contribution in [0.25, 0.3) is 6.08 Å². The number of rotatable bonds is 3. The van der Waals surface area contributed by atoms with Gasteiger partial charge in [-0.2, -0.15) is 0 Å². The third kappa shape index (κ3) is 2.66. The number of hydrogen-bond acceptors (Lipinski definition) is 2. The summed E-state index contributed by atoms with van der Waals surface area (Å²) < 4.78 is 5.06. The first-order chi connectivity index (χ1) is 5.83. The fourth-order valence-electron chi connectivity index (χ4n) is 0.830. The van der Waals surface area contributed by atoms with Crippen molar-refractivity contribution in [3.05, 3.63) is 36.1 Å². The fraction of sp³-hybridized carbons (Fsp3) is 0.200. The lowest BCUT2D eigenvalue weighted by Crippen LogP contribution is -1.83. The first kappa shape index (κ1) is 8.65. The molecule has 0 heterocycles. The monoisotopic (exact) mass is 163 g/mol. The molecule has 0 aliphatic rings. The SMILES string of the molecule is CCO/C=C/c1ccc(N)cc1. The molecule has 0 aliphatic carbocycles. The molecule has 1 rings (SSSR count). The second kappa shape index (κ2) is 4.44. The first-order valence-electron chi connectivity index (χ1n) is 3.96. The third-order valence-electron chi connectivity index (χ3n) is 1.46. The maximum absolute atomic E-state index is 5.53. The van der Waals surface area contributed by atoms with Gasteiger partial charge in [0.25, 0.3) is 0 Å². The molecule has 0 atom stereocenters. The fourth-order valence-corrected chi connectivity index (χ4v) is 0.830. The van der Waals surface area contributed by atoms with Crippen LogP contribution in [0.3, 0.4) is 0 Å². The molecule has 0 aliphatic heterocycles. The van der Waals surface area contributed by atoms with E-state index in [4.69, 9.17) is 10.5 Å². The Morgan fingerprint density at radius 1 is 1.33 bits per heavy atom. The van der Waals surface area contributed by atoms with Gasteiger partial charge >= 0.3 is 0 Å². The molecule has 2 N–H and O–H groups in total. The number of hydrogen-bond donors (Lipinski definition) is 1. The van der Waals surface area contributed by atoms with Crippen LogP contribution in [0.4, 0.5) is 5.69 Å². The lowest BCUT2D eigenvalue weighted by atomic mass is 10.2. The van der Waals surface area contributed by atoms with Gasteiger partial charge in [0.15, 0.2) is 0 Å². The van der Waals surface area contributed by atoms with Crippen molar-refractivity contribution in [1.82, 2.24) is 0 Å². The normalized spacial score (nSPS) is 10.4. The molecule has 0 bridgehead atoms. The molecule has 0 spiro atoms. The Balaban J connectivity index is 2.58. The molecule has 2 nitrogen and oxygen atoms in total. The Morgan fingerprint density at radius 2 is 2.00 bits per heavy atom. The van der Waals surface area contributed by atoms with Crippen LogP contribution >= 0.6 is 0 Å². The van der Waals surface area contributed by atoms with Gasteiger partial charge in [-0.15, -0.1) is 0 Å². The van der Waals surface area contributed by atoms with Crippen LogP contribution in [-0.2, 0) is 4.74 Å². The molecule has 0 fully saturated rings. The Bertz CT molecular complexity index is 251. The van der Waals surface area contributed by atoms with Gasteiger partial charge in [-0.3, -0.25) is 0 Å². The van der Waals surface area contributed by atoms with Crippen molar-refractivity contribution in [2.24, 2.45) is 0 Å². The van der Waals surface area contributed by atoms with Crippen LogP contribution in [0.2, 0.25) is 0 Å². The molecule has 12 heavy (non-hydrogen) atoms. The summed E-state index contributed by atoms with van der Waals surface area (Å²) in [5, 5.41) is 0. The van der Waals surface area contributed by atoms with Crippen LogP contribution in [0, 0.1) is 0 Å². The van der Waals surface area contributed by atoms with Gasteiger partial charge in [-0.05, 0) is 30.7 Å². The van der Waals surface area contributed by atoms with Crippen molar-refractivity contribution in [3.63, 3.8) is 0 Å². The minimum absolute atomic E-state index is 0.700. The van der Waals surface area contributed by atoms with Crippen LogP contribution in [0.15, 0.2) is 30.5 Å². The van der Waals surface area contributed by atoms with Crippen LogP contribution in [0.1, 0.15) is 12.5 Å². The minimum Gasteiger partial charge on any atom is -0.501 e. The van der Waals surface area contributed by atoms with Gasteiger partial charge in [0.1, 0.15) is 0 Å². The van der Waals surface area contributed by atoms with Crippen molar-refractivity contribution in [3.8, 4) is 0 Å². The Hall–Kier alpha value is -1.44. The predicted octanol–water partition coefficient (Wildman–Crippen LogP) is 2.28. The summed E-state index contributed by atoms with van der Waals surface area (Å²) in [6.45, 7) is 2.65. The van der Waals surface area contributed by atoms with E-state index in [0.29, 0.717) is 6.61 Å². The van der Waals surface area contributed by atoms with Gasteiger partial charge in [0.05, 0.1) is 12.9 Å². The van der Waals surface area contributed by atoms with Crippen LogP contribution in [-0.4, -0.2) is 6.61 Å². The van der Waals surface area contributed by atoms with Crippen molar-refractivity contribution < 1.29 is 4.74 Å². The molecule has 1 aromatic rings. The number of nitrogens with two attached hydrogens (primary N) is 1. The molecule has 0 aromatic heterocycles. The zero-order valence-corrected chi connectivity index (χ0v) is 7.16. The highest BCUT2D eigenvalue weighted by Gasteiger charge is 1.85. The smallest absolute Gasteiger partial charge is 0.0845 e. The maximum Gasteiger partial charge on any atom is 0.0845 e. The highest BCUT2D eigenvalue weighted by atomic mass is 16.5. The summed E-state index contributed by atoms with van der Waals surface area (Å²) in [4.78, 5) is 0. The second-order valence-electron chi connectivity index (χ2n) is 2.42. The number of ether oxygens (including phenoxy) is 1.